The number of rotatable bonds is 3. The third kappa shape index (κ3) is 2.22. The van der Waals surface area contributed by atoms with E-state index < -0.39 is 0 Å². The van der Waals surface area contributed by atoms with E-state index in [9.17, 15) is 0 Å². The molecule has 3 rings (SSSR count). The van der Waals surface area contributed by atoms with Crippen LogP contribution < -0.4 is 14.9 Å². The molecule has 1 aliphatic heterocycles. The first-order valence-corrected chi connectivity index (χ1v) is 6.91. The van der Waals surface area contributed by atoms with Gasteiger partial charge in [-0.3, -0.25) is 4.68 Å². The molecule has 2 aromatic rings. The molecule has 1 aromatic carbocycles. The van der Waals surface area contributed by atoms with Crippen molar-refractivity contribution in [2.24, 2.45) is 0 Å². The fourth-order valence-electron chi connectivity index (χ4n) is 2.66. The van der Waals surface area contributed by atoms with Gasteiger partial charge < -0.3 is 14.9 Å². The summed E-state index contributed by atoms with van der Waals surface area (Å²) in [6.45, 7) is 4.94. The van der Waals surface area contributed by atoms with Crippen LogP contribution in [0.25, 0.3) is 0 Å². The third-order valence-electron chi connectivity index (χ3n) is 3.81. The quantitative estimate of drug-likeness (QED) is 0.932. The van der Waals surface area contributed by atoms with Crippen molar-refractivity contribution in [1.29, 1.82) is 0 Å². The fraction of sp³-hybridized carbons (Fsp3) is 0.375. The molecule has 0 fully saturated rings. The van der Waals surface area contributed by atoms with E-state index in [4.69, 9.17) is 9.47 Å². The second kappa shape index (κ2) is 5.12. The van der Waals surface area contributed by atoms with Crippen molar-refractivity contribution in [2.45, 2.75) is 26.3 Å². The van der Waals surface area contributed by atoms with E-state index in [1.165, 1.54) is 11.4 Å². The van der Waals surface area contributed by atoms with Gasteiger partial charge in [0.05, 0.1) is 19.8 Å². The van der Waals surface area contributed by atoms with Gasteiger partial charge in [-0.15, -0.1) is 0 Å². The minimum Gasteiger partial charge on any atom is -0.497 e. The summed E-state index contributed by atoms with van der Waals surface area (Å²) in [6.07, 6.45) is 0.942. The number of fused-ring (bicyclic) bond motifs is 1. The zero-order valence-electron chi connectivity index (χ0n) is 12.1. The SMILES string of the molecule is COc1ccc2c(c1)C(Nn1c(C)ccc1C)CCO2. The van der Waals surface area contributed by atoms with Crippen LogP contribution in [0, 0.1) is 13.8 Å². The predicted molar refractivity (Wildman–Crippen MR) is 79.1 cm³/mol. The summed E-state index contributed by atoms with van der Waals surface area (Å²) in [5.74, 6) is 1.80. The Bertz CT molecular complexity index is 599. The van der Waals surface area contributed by atoms with Gasteiger partial charge in [-0.05, 0) is 44.2 Å². The molecule has 1 atom stereocenters. The minimum atomic E-state index is 0.235. The number of methoxy groups -OCH3 is 1. The summed E-state index contributed by atoms with van der Waals surface area (Å²) in [5.41, 5.74) is 7.16. The van der Waals surface area contributed by atoms with Crippen LogP contribution in [0.5, 0.6) is 11.5 Å². The summed E-state index contributed by atoms with van der Waals surface area (Å²) >= 11 is 0. The van der Waals surface area contributed by atoms with Gasteiger partial charge in [-0.2, -0.15) is 0 Å². The first-order chi connectivity index (χ1) is 9.69. The van der Waals surface area contributed by atoms with Crippen molar-refractivity contribution < 1.29 is 9.47 Å². The van der Waals surface area contributed by atoms with Crippen LogP contribution >= 0.6 is 0 Å². The average Bonchev–Trinajstić information content (AvgIpc) is 2.79. The predicted octanol–water partition coefficient (Wildman–Crippen LogP) is 3.18. The molecule has 2 heterocycles. The van der Waals surface area contributed by atoms with E-state index in [0.717, 1.165) is 30.1 Å². The molecular formula is C16H20N2O2. The molecule has 0 radical (unpaired) electrons. The largest absolute Gasteiger partial charge is 0.497 e. The van der Waals surface area contributed by atoms with E-state index in [0.29, 0.717) is 0 Å². The number of nitrogens with zero attached hydrogens (tertiary/aromatic N) is 1. The fourth-order valence-corrected chi connectivity index (χ4v) is 2.66. The number of aromatic nitrogens is 1. The van der Waals surface area contributed by atoms with Crippen molar-refractivity contribution >= 4 is 0 Å². The van der Waals surface area contributed by atoms with Crippen molar-refractivity contribution in [3.8, 4) is 11.5 Å². The Morgan fingerprint density at radius 2 is 1.95 bits per heavy atom. The molecule has 106 valence electrons. The molecule has 0 amide bonds. The van der Waals surface area contributed by atoms with Gasteiger partial charge in [0, 0.05) is 23.4 Å². The van der Waals surface area contributed by atoms with Crippen molar-refractivity contribution in [1.82, 2.24) is 4.68 Å². The summed E-state index contributed by atoms with van der Waals surface area (Å²) in [7, 11) is 1.69. The van der Waals surface area contributed by atoms with Gasteiger partial charge in [0.15, 0.2) is 0 Å². The molecule has 0 bridgehead atoms. The zero-order valence-corrected chi connectivity index (χ0v) is 12.1. The van der Waals surface area contributed by atoms with Gasteiger partial charge >= 0.3 is 0 Å². The van der Waals surface area contributed by atoms with Gasteiger partial charge in [0.25, 0.3) is 0 Å². The minimum absolute atomic E-state index is 0.235. The normalized spacial score (nSPS) is 17.2. The molecule has 0 aliphatic carbocycles. The van der Waals surface area contributed by atoms with E-state index in [1.54, 1.807) is 7.11 Å². The maximum atomic E-state index is 5.73. The summed E-state index contributed by atoms with van der Waals surface area (Å²) in [5, 5.41) is 0. The molecule has 0 saturated carbocycles. The Labute approximate surface area is 119 Å². The van der Waals surface area contributed by atoms with Gasteiger partial charge in [-0.25, -0.2) is 0 Å². The lowest BCUT2D eigenvalue weighted by Gasteiger charge is -2.29. The molecule has 4 heteroatoms. The van der Waals surface area contributed by atoms with Crippen LogP contribution in [0.1, 0.15) is 29.4 Å². The van der Waals surface area contributed by atoms with Gasteiger partial charge in [0.2, 0.25) is 0 Å². The Morgan fingerprint density at radius 3 is 2.65 bits per heavy atom. The molecule has 1 unspecified atom stereocenters. The van der Waals surface area contributed by atoms with Crippen molar-refractivity contribution in [3.05, 3.63) is 47.3 Å². The van der Waals surface area contributed by atoms with Crippen LogP contribution in [0.15, 0.2) is 30.3 Å². The van der Waals surface area contributed by atoms with Crippen LogP contribution in [0.3, 0.4) is 0 Å². The molecule has 1 aliphatic rings. The molecule has 1 aromatic heterocycles. The van der Waals surface area contributed by atoms with Crippen LogP contribution in [-0.4, -0.2) is 18.4 Å². The number of hydrogen-bond donors (Lipinski definition) is 1. The number of hydrogen-bond acceptors (Lipinski definition) is 3. The second-order valence-electron chi connectivity index (χ2n) is 5.17. The first kappa shape index (κ1) is 12.9. The smallest absolute Gasteiger partial charge is 0.124 e. The number of ether oxygens (including phenoxy) is 2. The first-order valence-electron chi connectivity index (χ1n) is 6.91. The molecular weight excluding hydrogens is 252 g/mol. The van der Waals surface area contributed by atoms with Crippen molar-refractivity contribution in [2.75, 3.05) is 19.1 Å². The summed E-state index contributed by atoms with van der Waals surface area (Å²) in [6, 6.07) is 10.5. The monoisotopic (exact) mass is 272 g/mol. The van der Waals surface area contributed by atoms with E-state index in [1.807, 2.05) is 12.1 Å². The van der Waals surface area contributed by atoms with E-state index >= 15 is 0 Å². The highest BCUT2D eigenvalue weighted by Crippen LogP contribution is 2.35. The number of benzene rings is 1. The third-order valence-corrected chi connectivity index (χ3v) is 3.81. The van der Waals surface area contributed by atoms with Gasteiger partial charge in [0.1, 0.15) is 11.5 Å². The highest BCUT2D eigenvalue weighted by atomic mass is 16.5. The summed E-state index contributed by atoms with van der Waals surface area (Å²) < 4.78 is 13.2. The van der Waals surface area contributed by atoms with Crippen molar-refractivity contribution in [3.63, 3.8) is 0 Å². The lowest BCUT2D eigenvalue weighted by atomic mass is 10.0. The summed E-state index contributed by atoms with van der Waals surface area (Å²) in [4.78, 5) is 0. The Kier molecular flexibility index (Phi) is 3.30. The standard InChI is InChI=1S/C16H20N2O2/c1-11-4-5-12(2)18(11)17-15-8-9-20-16-7-6-13(19-3)10-14(15)16/h4-7,10,15,17H,8-9H2,1-3H3. The second-order valence-corrected chi connectivity index (χ2v) is 5.17. The molecule has 20 heavy (non-hydrogen) atoms. The zero-order chi connectivity index (χ0) is 14.1. The average molecular weight is 272 g/mol. The molecule has 4 nitrogen and oxygen atoms in total. The van der Waals surface area contributed by atoms with E-state index in [2.05, 4.69) is 42.1 Å². The Morgan fingerprint density at radius 1 is 1.20 bits per heavy atom. The molecule has 0 spiro atoms. The highest BCUT2D eigenvalue weighted by Gasteiger charge is 2.22. The van der Waals surface area contributed by atoms with Crippen LogP contribution in [-0.2, 0) is 0 Å². The highest BCUT2D eigenvalue weighted by molar-refractivity contribution is 5.44. The molecule has 0 saturated heterocycles. The lowest BCUT2D eigenvalue weighted by molar-refractivity contribution is 0.268. The Balaban J connectivity index is 1.93. The number of nitrogens with one attached hydrogen (secondary N) is 1. The topological polar surface area (TPSA) is 35.4 Å². The number of aryl methyl sites for hydroxylation is 2. The lowest BCUT2D eigenvalue weighted by Crippen LogP contribution is -2.27. The molecule has 1 N–H and O–H groups in total. The maximum absolute atomic E-state index is 5.73. The Hall–Kier alpha value is -2.10. The van der Waals surface area contributed by atoms with Crippen LogP contribution in [0.4, 0.5) is 0 Å². The van der Waals surface area contributed by atoms with E-state index in [-0.39, 0.29) is 6.04 Å². The maximum Gasteiger partial charge on any atom is 0.124 e. The van der Waals surface area contributed by atoms with Gasteiger partial charge in [-0.1, -0.05) is 0 Å². The van der Waals surface area contributed by atoms with Crippen LogP contribution in [0.2, 0.25) is 0 Å².